The quantitative estimate of drug-likeness (QED) is 0.780. The third-order valence-electron chi connectivity index (χ3n) is 3.52. The molecule has 0 radical (unpaired) electrons. The summed E-state index contributed by atoms with van der Waals surface area (Å²) in [5.41, 5.74) is 2.35. The van der Waals surface area contributed by atoms with Crippen LogP contribution in [0.5, 0.6) is 0 Å². The van der Waals surface area contributed by atoms with Gasteiger partial charge in [-0.15, -0.1) is 0 Å². The minimum absolute atomic E-state index is 0.245. The fourth-order valence-electron chi connectivity index (χ4n) is 2.49. The molecule has 0 aromatic heterocycles. The monoisotopic (exact) mass is 204 g/mol. The first-order chi connectivity index (χ1) is 7.27. The van der Waals surface area contributed by atoms with E-state index in [0.29, 0.717) is 5.92 Å². The van der Waals surface area contributed by atoms with E-state index in [1.807, 2.05) is 0 Å². The van der Waals surface area contributed by atoms with Gasteiger partial charge in [-0.05, 0) is 31.2 Å². The molecule has 0 saturated heterocycles. The molecule has 1 heteroatoms. The van der Waals surface area contributed by atoms with Gasteiger partial charge < -0.3 is 5.11 Å². The van der Waals surface area contributed by atoms with E-state index >= 15 is 0 Å². The van der Waals surface area contributed by atoms with Crippen molar-refractivity contribution in [3.8, 4) is 0 Å². The summed E-state index contributed by atoms with van der Waals surface area (Å²) in [7, 11) is 0. The number of rotatable bonds is 2. The van der Waals surface area contributed by atoms with E-state index in [4.69, 9.17) is 0 Å². The predicted molar refractivity (Wildman–Crippen MR) is 62.7 cm³/mol. The number of benzene rings is 1. The maximum atomic E-state index is 10.2. The van der Waals surface area contributed by atoms with Crippen LogP contribution in [0, 0.1) is 12.8 Å². The molecule has 0 unspecified atom stereocenters. The second-order valence-electron chi connectivity index (χ2n) is 4.75. The van der Waals surface area contributed by atoms with Crippen LogP contribution in [0.1, 0.15) is 49.3 Å². The standard InChI is InChI=1S/C14H20O/c1-11-7-9-13(10-8-11)14(15)12-5-3-2-4-6-12/h7-10,12,14-15H,2-6H2,1H3/t14-/m1/s1. The molecule has 0 aliphatic heterocycles. The van der Waals surface area contributed by atoms with Crippen LogP contribution in [0.15, 0.2) is 24.3 Å². The van der Waals surface area contributed by atoms with Gasteiger partial charge in [-0.25, -0.2) is 0 Å². The Morgan fingerprint density at radius 3 is 2.27 bits per heavy atom. The summed E-state index contributed by atoms with van der Waals surface area (Å²) in [6.07, 6.45) is 6.05. The van der Waals surface area contributed by atoms with Gasteiger partial charge in [-0.3, -0.25) is 0 Å². The summed E-state index contributed by atoms with van der Waals surface area (Å²) in [4.78, 5) is 0. The molecule has 15 heavy (non-hydrogen) atoms. The second kappa shape index (κ2) is 4.80. The van der Waals surface area contributed by atoms with Crippen LogP contribution in [0.3, 0.4) is 0 Å². The molecule has 1 fully saturated rings. The Balaban J connectivity index is 2.05. The zero-order valence-electron chi connectivity index (χ0n) is 9.45. The highest BCUT2D eigenvalue weighted by atomic mass is 16.3. The van der Waals surface area contributed by atoms with Gasteiger partial charge in [0.05, 0.1) is 6.10 Å². The molecule has 1 nitrogen and oxygen atoms in total. The molecule has 2 rings (SSSR count). The summed E-state index contributed by atoms with van der Waals surface area (Å²) in [6.45, 7) is 2.08. The molecule has 0 bridgehead atoms. The normalized spacial score (nSPS) is 20.1. The lowest BCUT2D eigenvalue weighted by molar-refractivity contribution is 0.0848. The highest BCUT2D eigenvalue weighted by Gasteiger charge is 2.22. The molecule has 1 atom stereocenters. The van der Waals surface area contributed by atoms with Crippen LogP contribution in [0.2, 0.25) is 0 Å². The summed E-state index contributed by atoms with van der Waals surface area (Å²) < 4.78 is 0. The highest BCUT2D eigenvalue weighted by molar-refractivity contribution is 5.23. The summed E-state index contributed by atoms with van der Waals surface area (Å²) in [5.74, 6) is 0.487. The number of hydrogen-bond donors (Lipinski definition) is 1. The molecular formula is C14H20O. The molecule has 0 heterocycles. The Kier molecular flexibility index (Phi) is 3.42. The smallest absolute Gasteiger partial charge is 0.0818 e. The molecule has 1 saturated carbocycles. The maximum Gasteiger partial charge on any atom is 0.0818 e. The van der Waals surface area contributed by atoms with Gasteiger partial charge in [0.2, 0.25) is 0 Å². The van der Waals surface area contributed by atoms with E-state index < -0.39 is 0 Å². The molecule has 1 aromatic carbocycles. The van der Waals surface area contributed by atoms with E-state index in [1.54, 1.807) is 0 Å². The van der Waals surface area contributed by atoms with Gasteiger partial charge in [0.25, 0.3) is 0 Å². The Hall–Kier alpha value is -0.820. The van der Waals surface area contributed by atoms with Crippen molar-refractivity contribution in [2.45, 2.75) is 45.1 Å². The van der Waals surface area contributed by atoms with E-state index in [-0.39, 0.29) is 6.10 Å². The van der Waals surface area contributed by atoms with Gasteiger partial charge in [-0.2, -0.15) is 0 Å². The topological polar surface area (TPSA) is 20.2 Å². The first-order valence-corrected chi connectivity index (χ1v) is 6.02. The van der Waals surface area contributed by atoms with Crippen molar-refractivity contribution >= 4 is 0 Å². The zero-order chi connectivity index (χ0) is 10.7. The van der Waals surface area contributed by atoms with Crippen molar-refractivity contribution < 1.29 is 5.11 Å². The van der Waals surface area contributed by atoms with Crippen molar-refractivity contribution in [1.29, 1.82) is 0 Å². The third kappa shape index (κ3) is 2.60. The molecular weight excluding hydrogens is 184 g/mol. The summed E-state index contributed by atoms with van der Waals surface area (Å²) in [6, 6.07) is 8.30. The number of aliphatic hydroxyl groups is 1. The predicted octanol–water partition coefficient (Wildman–Crippen LogP) is 3.61. The van der Waals surface area contributed by atoms with Crippen LogP contribution in [-0.2, 0) is 0 Å². The SMILES string of the molecule is Cc1ccc([C@H](O)C2CCCCC2)cc1. The lowest BCUT2D eigenvalue weighted by Gasteiger charge is -2.26. The van der Waals surface area contributed by atoms with E-state index in [2.05, 4.69) is 31.2 Å². The summed E-state index contributed by atoms with van der Waals surface area (Å²) >= 11 is 0. The molecule has 0 amide bonds. The number of hydrogen-bond acceptors (Lipinski definition) is 1. The maximum absolute atomic E-state index is 10.2. The Morgan fingerprint density at radius 2 is 1.67 bits per heavy atom. The molecule has 82 valence electrons. The molecule has 1 aromatic rings. The lowest BCUT2D eigenvalue weighted by Crippen LogP contribution is -2.15. The van der Waals surface area contributed by atoms with Crippen molar-refractivity contribution in [2.24, 2.45) is 5.92 Å². The molecule has 1 N–H and O–H groups in total. The summed E-state index contributed by atoms with van der Waals surface area (Å²) in [5, 5.41) is 10.2. The van der Waals surface area contributed by atoms with Crippen LogP contribution >= 0.6 is 0 Å². The third-order valence-corrected chi connectivity index (χ3v) is 3.52. The van der Waals surface area contributed by atoms with Crippen LogP contribution < -0.4 is 0 Å². The Morgan fingerprint density at radius 1 is 1.07 bits per heavy atom. The molecule has 0 spiro atoms. The van der Waals surface area contributed by atoms with Crippen LogP contribution in [-0.4, -0.2) is 5.11 Å². The first kappa shape index (κ1) is 10.7. The molecule has 1 aliphatic carbocycles. The lowest BCUT2D eigenvalue weighted by atomic mass is 9.83. The largest absolute Gasteiger partial charge is 0.388 e. The van der Waals surface area contributed by atoms with Crippen molar-refractivity contribution in [3.63, 3.8) is 0 Å². The average molecular weight is 204 g/mol. The van der Waals surface area contributed by atoms with Crippen LogP contribution in [0.4, 0.5) is 0 Å². The van der Waals surface area contributed by atoms with Gasteiger partial charge >= 0.3 is 0 Å². The molecule has 1 aliphatic rings. The van der Waals surface area contributed by atoms with Gasteiger partial charge in [0, 0.05) is 0 Å². The zero-order valence-corrected chi connectivity index (χ0v) is 9.45. The van der Waals surface area contributed by atoms with Crippen LogP contribution in [0.25, 0.3) is 0 Å². The minimum atomic E-state index is -0.245. The first-order valence-electron chi connectivity index (χ1n) is 6.02. The van der Waals surface area contributed by atoms with Gasteiger partial charge in [0.15, 0.2) is 0 Å². The Labute approximate surface area is 92.1 Å². The Bertz CT molecular complexity index is 296. The van der Waals surface area contributed by atoms with E-state index in [9.17, 15) is 5.11 Å². The minimum Gasteiger partial charge on any atom is -0.388 e. The highest BCUT2D eigenvalue weighted by Crippen LogP contribution is 2.34. The number of aliphatic hydroxyl groups excluding tert-OH is 1. The average Bonchev–Trinajstić information content (AvgIpc) is 2.30. The van der Waals surface area contributed by atoms with Gasteiger partial charge in [0.1, 0.15) is 0 Å². The van der Waals surface area contributed by atoms with E-state index in [0.717, 1.165) is 5.56 Å². The van der Waals surface area contributed by atoms with Crippen molar-refractivity contribution in [2.75, 3.05) is 0 Å². The fourth-order valence-corrected chi connectivity index (χ4v) is 2.49. The fraction of sp³-hybridized carbons (Fsp3) is 0.571. The number of aryl methyl sites for hydroxylation is 1. The van der Waals surface area contributed by atoms with Crippen molar-refractivity contribution in [1.82, 2.24) is 0 Å². The second-order valence-corrected chi connectivity index (χ2v) is 4.75. The van der Waals surface area contributed by atoms with Gasteiger partial charge in [-0.1, -0.05) is 49.1 Å². The van der Waals surface area contributed by atoms with Crippen molar-refractivity contribution in [3.05, 3.63) is 35.4 Å². The van der Waals surface area contributed by atoms with E-state index in [1.165, 1.54) is 37.7 Å².